The van der Waals surface area contributed by atoms with Gasteiger partial charge in [-0.3, -0.25) is 0 Å². The van der Waals surface area contributed by atoms with Gasteiger partial charge in [0, 0.05) is 13.7 Å². The van der Waals surface area contributed by atoms with E-state index in [9.17, 15) is 18.3 Å². The van der Waals surface area contributed by atoms with Crippen LogP contribution in [0.1, 0.15) is 36.0 Å². The molecule has 1 heterocycles. The highest BCUT2D eigenvalue weighted by Crippen LogP contribution is 2.44. The number of aliphatic hydroxyl groups is 1. The average Bonchev–Trinajstić information content (AvgIpc) is 2.95. The van der Waals surface area contributed by atoms with E-state index in [1.807, 2.05) is 0 Å². The second-order valence-electron chi connectivity index (χ2n) is 6.41. The highest BCUT2D eigenvalue weighted by Gasteiger charge is 2.54. The third-order valence-corrected chi connectivity index (χ3v) is 7.14. The summed E-state index contributed by atoms with van der Waals surface area (Å²) in [5, 5.41) is 18.9. The van der Waals surface area contributed by atoms with Gasteiger partial charge < -0.3 is 14.9 Å². The number of aliphatic hydroxyl groups excluding tert-OH is 1. The fourth-order valence-corrected chi connectivity index (χ4v) is 5.52. The Kier molecular flexibility index (Phi) is 4.41. The van der Waals surface area contributed by atoms with Crippen LogP contribution in [0, 0.1) is 0 Å². The van der Waals surface area contributed by atoms with Crippen LogP contribution >= 0.6 is 0 Å². The maximum absolute atomic E-state index is 13.0. The first kappa shape index (κ1) is 17.3. The number of carbonyl (C=O) groups is 1. The Hall–Kier alpha value is -1.48. The largest absolute Gasteiger partial charge is 0.478 e. The molecule has 2 fully saturated rings. The van der Waals surface area contributed by atoms with Gasteiger partial charge in [0.05, 0.1) is 28.2 Å². The van der Waals surface area contributed by atoms with Crippen molar-refractivity contribution in [2.75, 3.05) is 13.7 Å². The van der Waals surface area contributed by atoms with Crippen molar-refractivity contribution in [1.29, 1.82) is 0 Å². The number of carboxylic acids is 1. The number of aromatic carboxylic acids is 1. The van der Waals surface area contributed by atoms with Crippen molar-refractivity contribution < 1.29 is 28.2 Å². The van der Waals surface area contributed by atoms with Gasteiger partial charge in [-0.15, -0.1) is 0 Å². The smallest absolute Gasteiger partial charge is 0.335 e. The number of rotatable bonds is 4. The van der Waals surface area contributed by atoms with Crippen molar-refractivity contribution in [1.82, 2.24) is 4.31 Å². The summed E-state index contributed by atoms with van der Waals surface area (Å²) in [6, 6.07) is 4.78. The zero-order valence-corrected chi connectivity index (χ0v) is 14.2. The van der Waals surface area contributed by atoms with Crippen molar-refractivity contribution in [2.45, 2.75) is 48.3 Å². The molecule has 1 saturated heterocycles. The normalized spacial score (nSPS) is 30.9. The molecule has 24 heavy (non-hydrogen) atoms. The number of hydrogen-bond donors (Lipinski definition) is 2. The topological polar surface area (TPSA) is 104 Å². The lowest BCUT2D eigenvalue weighted by Gasteiger charge is -2.42. The summed E-state index contributed by atoms with van der Waals surface area (Å²) in [4.78, 5) is 11.0. The molecule has 1 aromatic carbocycles. The summed E-state index contributed by atoms with van der Waals surface area (Å²) in [6.07, 6.45) is 1.63. The molecule has 0 aromatic heterocycles. The first-order valence-corrected chi connectivity index (χ1v) is 9.32. The summed E-state index contributed by atoms with van der Waals surface area (Å²) >= 11 is 0. The van der Waals surface area contributed by atoms with Crippen molar-refractivity contribution in [3.8, 4) is 0 Å². The van der Waals surface area contributed by atoms with E-state index in [2.05, 4.69) is 0 Å². The van der Waals surface area contributed by atoms with Gasteiger partial charge in [0.2, 0.25) is 10.0 Å². The molecule has 1 aliphatic heterocycles. The van der Waals surface area contributed by atoms with Gasteiger partial charge >= 0.3 is 5.97 Å². The standard InChI is InChI=1S/C16H21NO6S/c1-23-16-7-6-12(18)10-14(16)17(9-8-16)24(21,22)13-4-2-11(3-5-13)15(19)20/h2-5,12,14,18H,6-10H2,1H3,(H,19,20)/t12?,14?,16-/m1/s1. The third kappa shape index (κ3) is 2.73. The van der Waals surface area contributed by atoms with Crippen molar-refractivity contribution in [3.63, 3.8) is 0 Å². The molecular formula is C16H21NO6S. The van der Waals surface area contributed by atoms with E-state index in [1.165, 1.54) is 28.6 Å². The van der Waals surface area contributed by atoms with Gasteiger partial charge in [0.1, 0.15) is 0 Å². The highest BCUT2D eigenvalue weighted by molar-refractivity contribution is 7.89. The number of carboxylic acid groups (broad SMARTS) is 1. The Bertz CT molecular complexity index is 731. The second-order valence-corrected chi connectivity index (χ2v) is 8.30. The predicted molar refractivity (Wildman–Crippen MR) is 85.3 cm³/mol. The van der Waals surface area contributed by atoms with Crippen molar-refractivity contribution >= 4 is 16.0 Å². The Labute approximate surface area is 140 Å². The number of hydrogen-bond acceptors (Lipinski definition) is 5. The van der Waals surface area contributed by atoms with E-state index in [0.29, 0.717) is 32.2 Å². The van der Waals surface area contributed by atoms with Gasteiger partial charge in [-0.25, -0.2) is 13.2 Å². The highest BCUT2D eigenvalue weighted by atomic mass is 32.2. The molecule has 7 nitrogen and oxygen atoms in total. The van der Waals surface area contributed by atoms with Crippen LogP contribution in [0.2, 0.25) is 0 Å². The van der Waals surface area contributed by atoms with Crippen LogP contribution in [0.4, 0.5) is 0 Å². The second kappa shape index (κ2) is 6.11. The van der Waals surface area contributed by atoms with Crippen molar-refractivity contribution in [3.05, 3.63) is 29.8 Å². The van der Waals surface area contributed by atoms with E-state index in [4.69, 9.17) is 9.84 Å². The van der Waals surface area contributed by atoms with Crippen LogP contribution in [0.25, 0.3) is 0 Å². The van der Waals surface area contributed by atoms with Gasteiger partial charge in [0.25, 0.3) is 0 Å². The van der Waals surface area contributed by atoms with Crippen LogP contribution in [-0.4, -0.2) is 60.3 Å². The zero-order chi connectivity index (χ0) is 17.5. The molecule has 8 heteroatoms. The zero-order valence-electron chi connectivity index (χ0n) is 13.4. The quantitative estimate of drug-likeness (QED) is 0.837. The SMILES string of the molecule is CO[C@@]12CCC(O)CC1N(S(=O)(=O)c1ccc(C(=O)O)cc1)CC2. The first-order valence-electron chi connectivity index (χ1n) is 7.88. The fourth-order valence-electron chi connectivity index (χ4n) is 3.83. The van der Waals surface area contributed by atoms with E-state index in [-0.39, 0.29) is 10.5 Å². The molecule has 0 amide bonds. The number of nitrogens with zero attached hydrogens (tertiary/aromatic N) is 1. The Morgan fingerprint density at radius 2 is 1.96 bits per heavy atom. The van der Waals surface area contributed by atoms with Crippen LogP contribution in [0.15, 0.2) is 29.2 Å². The lowest BCUT2D eigenvalue weighted by Crippen LogP contribution is -2.52. The van der Waals surface area contributed by atoms with Gasteiger partial charge in [0.15, 0.2) is 0 Å². The number of fused-ring (bicyclic) bond motifs is 1. The molecule has 3 atom stereocenters. The molecule has 0 bridgehead atoms. The summed E-state index contributed by atoms with van der Waals surface area (Å²) in [5.74, 6) is -1.10. The molecule has 1 saturated carbocycles. The van der Waals surface area contributed by atoms with E-state index in [0.717, 1.165) is 0 Å². The van der Waals surface area contributed by atoms with Gasteiger partial charge in [-0.1, -0.05) is 0 Å². The summed E-state index contributed by atoms with van der Waals surface area (Å²) in [6.45, 7) is 0.328. The Morgan fingerprint density at radius 1 is 1.29 bits per heavy atom. The molecule has 0 radical (unpaired) electrons. The third-order valence-electron chi connectivity index (χ3n) is 5.22. The van der Waals surface area contributed by atoms with Crippen LogP contribution < -0.4 is 0 Å². The molecule has 2 aliphatic rings. The number of methoxy groups -OCH3 is 1. The Morgan fingerprint density at radius 3 is 2.54 bits per heavy atom. The maximum atomic E-state index is 13.0. The van der Waals surface area contributed by atoms with Crippen LogP contribution in [0.5, 0.6) is 0 Å². The molecule has 1 aliphatic carbocycles. The van der Waals surface area contributed by atoms with Crippen LogP contribution in [0.3, 0.4) is 0 Å². The minimum Gasteiger partial charge on any atom is -0.478 e. The minimum absolute atomic E-state index is 0.0368. The summed E-state index contributed by atoms with van der Waals surface area (Å²) in [5.41, 5.74) is -0.512. The van der Waals surface area contributed by atoms with Crippen LogP contribution in [-0.2, 0) is 14.8 Å². The first-order chi connectivity index (χ1) is 11.3. The van der Waals surface area contributed by atoms with E-state index >= 15 is 0 Å². The maximum Gasteiger partial charge on any atom is 0.335 e. The van der Waals surface area contributed by atoms with E-state index < -0.39 is 33.7 Å². The predicted octanol–water partition coefficient (Wildman–Crippen LogP) is 1.08. The number of benzene rings is 1. The van der Waals surface area contributed by atoms with Crippen molar-refractivity contribution in [2.24, 2.45) is 0 Å². The number of sulfonamides is 1. The fraction of sp³-hybridized carbons (Fsp3) is 0.562. The summed E-state index contributed by atoms with van der Waals surface area (Å²) in [7, 11) is -2.19. The molecule has 1 aromatic rings. The Balaban J connectivity index is 1.93. The van der Waals surface area contributed by atoms with Gasteiger partial charge in [-0.2, -0.15) is 4.31 Å². The molecule has 2 unspecified atom stereocenters. The molecule has 2 N–H and O–H groups in total. The molecule has 132 valence electrons. The minimum atomic E-state index is -3.77. The summed E-state index contributed by atoms with van der Waals surface area (Å²) < 4.78 is 33.0. The number of ether oxygens (including phenoxy) is 1. The van der Waals surface area contributed by atoms with Gasteiger partial charge in [-0.05, 0) is 49.9 Å². The average molecular weight is 355 g/mol. The lowest BCUT2D eigenvalue weighted by molar-refractivity contribution is -0.0775. The molecule has 0 spiro atoms. The lowest BCUT2D eigenvalue weighted by atomic mass is 9.79. The molecule has 3 rings (SSSR count). The molecular weight excluding hydrogens is 334 g/mol. The monoisotopic (exact) mass is 355 g/mol. The van der Waals surface area contributed by atoms with E-state index in [1.54, 1.807) is 7.11 Å².